The number of carbonyl (C=O) groups excluding carboxylic acids is 1. The Bertz CT molecular complexity index is 276. The fourth-order valence-electron chi connectivity index (χ4n) is 2.55. The highest BCUT2D eigenvalue weighted by molar-refractivity contribution is 5.80. The Morgan fingerprint density at radius 2 is 2.23 bits per heavy atom. The van der Waals surface area contributed by atoms with Gasteiger partial charge in [-0.15, -0.1) is 0 Å². The lowest BCUT2D eigenvalue weighted by Gasteiger charge is -2.11. The minimum absolute atomic E-state index is 0.0573. The molecule has 0 radical (unpaired) electrons. The number of hydrogen-bond donors (Lipinski definition) is 2. The minimum atomic E-state index is -0.689. The van der Waals surface area contributed by atoms with E-state index in [0.29, 0.717) is 0 Å². The highest BCUT2D eigenvalue weighted by Gasteiger charge is 2.66. The molecule has 2 fully saturated rings. The second kappa shape index (κ2) is 2.47. The Morgan fingerprint density at radius 1 is 1.54 bits per heavy atom. The van der Waals surface area contributed by atoms with Gasteiger partial charge in [0.25, 0.3) is 0 Å². The maximum absolute atomic E-state index is 10.9. The van der Waals surface area contributed by atoms with Gasteiger partial charge in [0.05, 0.1) is 5.41 Å². The molecule has 3 unspecified atom stereocenters. The molecule has 72 valence electrons. The lowest BCUT2D eigenvalue weighted by atomic mass is 10.1. The molecule has 0 spiro atoms. The van der Waals surface area contributed by atoms with Crippen LogP contribution in [-0.2, 0) is 9.59 Å². The van der Waals surface area contributed by atoms with Crippen LogP contribution in [0, 0.1) is 11.3 Å². The molecule has 13 heavy (non-hydrogen) atoms. The Hall–Kier alpha value is -1.06. The predicted octanol–water partition coefficient (Wildman–Crippen LogP) is 0.376. The van der Waals surface area contributed by atoms with Crippen molar-refractivity contribution in [3.05, 3.63) is 0 Å². The zero-order valence-electron chi connectivity index (χ0n) is 7.54. The highest BCUT2D eigenvalue weighted by Crippen LogP contribution is 2.63. The van der Waals surface area contributed by atoms with Gasteiger partial charge in [0.15, 0.2) is 0 Å². The fourth-order valence-corrected chi connectivity index (χ4v) is 2.55. The van der Waals surface area contributed by atoms with Gasteiger partial charge in [0.2, 0.25) is 5.91 Å². The summed E-state index contributed by atoms with van der Waals surface area (Å²) in [4.78, 5) is 21.7. The first-order valence-corrected chi connectivity index (χ1v) is 4.57. The van der Waals surface area contributed by atoms with E-state index < -0.39 is 11.4 Å². The largest absolute Gasteiger partial charge is 0.481 e. The molecule has 2 rings (SSSR count). The zero-order chi connectivity index (χ0) is 9.64. The third-order valence-corrected chi connectivity index (χ3v) is 3.34. The second-order valence-electron chi connectivity index (χ2n) is 4.12. The van der Waals surface area contributed by atoms with Crippen molar-refractivity contribution in [2.24, 2.45) is 11.3 Å². The Kier molecular flexibility index (Phi) is 1.62. The number of fused-ring (bicyclic) bond motifs is 1. The molecule has 0 aliphatic heterocycles. The van der Waals surface area contributed by atoms with Crippen molar-refractivity contribution in [3.8, 4) is 0 Å². The molecule has 2 aliphatic rings. The van der Waals surface area contributed by atoms with E-state index in [0.717, 1.165) is 19.3 Å². The van der Waals surface area contributed by atoms with E-state index >= 15 is 0 Å². The quantitative estimate of drug-likeness (QED) is 0.650. The minimum Gasteiger partial charge on any atom is -0.481 e. The average molecular weight is 183 g/mol. The molecule has 3 atom stereocenters. The molecule has 0 aromatic heterocycles. The molecule has 4 heteroatoms. The van der Waals surface area contributed by atoms with Gasteiger partial charge in [-0.25, -0.2) is 0 Å². The van der Waals surface area contributed by atoms with Crippen LogP contribution < -0.4 is 5.32 Å². The third kappa shape index (κ3) is 1.12. The number of carbonyl (C=O) groups is 2. The van der Waals surface area contributed by atoms with Crippen molar-refractivity contribution in [1.29, 1.82) is 0 Å². The number of nitrogens with one attached hydrogen (secondary N) is 1. The summed E-state index contributed by atoms with van der Waals surface area (Å²) in [7, 11) is 0. The lowest BCUT2D eigenvalue weighted by Crippen LogP contribution is -2.33. The topological polar surface area (TPSA) is 66.4 Å². The first kappa shape index (κ1) is 8.53. The third-order valence-electron chi connectivity index (χ3n) is 3.34. The van der Waals surface area contributed by atoms with E-state index in [9.17, 15) is 9.59 Å². The number of hydrogen-bond acceptors (Lipinski definition) is 2. The molecule has 0 aromatic rings. The van der Waals surface area contributed by atoms with Gasteiger partial charge in [0, 0.05) is 13.0 Å². The summed E-state index contributed by atoms with van der Waals surface area (Å²) in [6, 6.07) is 0.105. The van der Waals surface area contributed by atoms with Crippen molar-refractivity contribution in [3.63, 3.8) is 0 Å². The van der Waals surface area contributed by atoms with E-state index in [2.05, 4.69) is 5.32 Å². The standard InChI is InChI=1S/C9H13NO3/c1-5(11)10-7-2-3-9(8(12)13)4-6(7)9/h6-7H,2-4H2,1H3,(H,10,11)(H,12,13). The van der Waals surface area contributed by atoms with Crippen LogP contribution in [0.25, 0.3) is 0 Å². The summed E-state index contributed by atoms with van der Waals surface area (Å²) >= 11 is 0. The summed E-state index contributed by atoms with van der Waals surface area (Å²) in [6.07, 6.45) is 2.28. The van der Waals surface area contributed by atoms with Crippen LogP contribution in [-0.4, -0.2) is 23.0 Å². The van der Waals surface area contributed by atoms with Gasteiger partial charge < -0.3 is 10.4 Å². The van der Waals surface area contributed by atoms with Gasteiger partial charge in [-0.05, 0) is 25.2 Å². The van der Waals surface area contributed by atoms with Crippen LogP contribution in [0.2, 0.25) is 0 Å². The zero-order valence-corrected chi connectivity index (χ0v) is 7.54. The monoisotopic (exact) mass is 183 g/mol. The SMILES string of the molecule is CC(=O)NC1CCC2(C(=O)O)CC12. The number of carboxylic acids is 1. The van der Waals surface area contributed by atoms with Crippen LogP contribution in [0.1, 0.15) is 26.2 Å². The maximum Gasteiger partial charge on any atom is 0.310 e. The van der Waals surface area contributed by atoms with E-state index in [1.165, 1.54) is 6.92 Å². The summed E-state index contributed by atoms with van der Waals surface area (Å²) < 4.78 is 0. The summed E-state index contributed by atoms with van der Waals surface area (Å²) in [5, 5.41) is 11.8. The highest BCUT2D eigenvalue weighted by atomic mass is 16.4. The van der Waals surface area contributed by atoms with Gasteiger partial charge in [0.1, 0.15) is 0 Å². The van der Waals surface area contributed by atoms with Gasteiger partial charge in [-0.2, -0.15) is 0 Å². The van der Waals surface area contributed by atoms with Crippen molar-refractivity contribution >= 4 is 11.9 Å². The molecule has 0 bridgehead atoms. The first-order chi connectivity index (χ1) is 6.06. The molecule has 2 saturated carbocycles. The molecule has 2 N–H and O–H groups in total. The number of rotatable bonds is 2. The van der Waals surface area contributed by atoms with E-state index in [-0.39, 0.29) is 17.9 Å². The van der Waals surface area contributed by atoms with E-state index in [4.69, 9.17) is 5.11 Å². The van der Waals surface area contributed by atoms with Crippen LogP contribution in [0.3, 0.4) is 0 Å². The molecule has 0 aromatic carbocycles. The van der Waals surface area contributed by atoms with Crippen molar-refractivity contribution in [2.45, 2.75) is 32.2 Å². The molecular weight excluding hydrogens is 170 g/mol. The lowest BCUT2D eigenvalue weighted by molar-refractivity contribution is -0.143. The van der Waals surface area contributed by atoms with Gasteiger partial charge in [-0.1, -0.05) is 0 Å². The number of amides is 1. The predicted molar refractivity (Wildman–Crippen MR) is 45.0 cm³/mol. The number of carboxylic acid groups (broad SMARTS) is 1. The maximum atomic E-state index is 10.9. The molecule has 4 nitrogen and oxygen atoms in total. The van der Waals surface area contributed by atoms with E-state index in [1.807, 2.05) is 0 Å². The molecular formula is C9H13NO3. The molecule has 0 heterocycles. The summed E-state index contributed by atoms with van der Waals surface area (Å²) in [6.45, 7) is 1.48. The van der Waals surface area contributed by atoms with Crippen molar-refractivity contribution in [1.82, 2.24) is 5.32 Å². The van der Waals surface area contributed by atoms with Crippen LogP contribution in [0.4, 0.5) is 0 Å². The summed E-state index contributed by atoms with van der Waals surface area (Å²) in [5.41, 5.74) is -0.479. The normalized spacial score (nSPS) is 41.0. The van der Waals surface area contributed by atoms with E-state index in [1.54, 1.807) is 0 Å². The van der Waals surface area contributed by atoms with Crippen LogP contribution in [0.5, 0.6) is 0 Å². The van der Waals surface area contributed by atoms with Gasteiger partial charge in [-0.3, -0.25) is 9.59 Å². The number of aliphatic carboxylic acids is 1. The fraction of sp³-hybridized carbons (Fsp3) is 0.778. The summed E-state index contributed by atoms with van der Waals surface area (Å²) in [5.74, 6) is -0.558. The molecule has 2 aliphatic carbocycles. The van der Waals surface area contributed by atoms with Crippen molar-refractivity contribution in [2.75, 3.05) is 0 Å². The molecule has 0 saturated heterocycles. The Labute approximate surface area is 76.3 Å². The van der Waals surface area contributed by atoms with Crippen LogP contribution >= 0.6 is 0 Å². The smallest absolute Gasteiger partial charge is 0.310 e. The Morgan fingerprint density at radius 3 is 2.62 bits per heavy atom. The first-order valence-electron chi connectivity index (χ1n) is 4.57. The average Bonchev–Trinajstić information content (AvgIpc) is 2.66. The molecule has 1 amide bonds. The van der Waals surface area contributed by atoms with Crippen LogP contribution in [0.15, 0.2) is 0 Å². The second-order valence-corrected chi connectivity index (χ2v) is 4.12. The van der Waals surface area contributed by atoms with Crippen molar-refractivity contribution < 1.29 is 14.7 Å². The Balaban J connectivity index is 2.01. The van der Waals surface area contributed by atoms with Gasteiger partial charge >= 0.3 is 5.97 Å².